The first kappa shape index (κ1) is 18.9. The minimum absolute atomic E-state index is 0.0926. The van der Waals surface area contributed by atoms with Crippen LogP contribution in [0.1, 0.15) is 25.7 Å². The number of fused-ring (bicyclic) bond motifs is 3. The molecule has 9 heteroatoms. The SMILES string of the molecule is O=C(O)[C@@H]1C2CCC(CC2)[C@@H]1C(=O)N1CCN(S(=O)(=O)c2cccs2)CC1. The van der Waals surface area contributed by atoms with Crippen LogP contribution in [0.25, 0.3) is 0 Å². The van der Waals surface area contributed by atoms with Crippen molar-refractivity contribution < 1.29 is 23.1 Å². The van der Waals surface area contributed by atoms with E-state index in [2.05, 4.69) is 0 Å². The van der Waals surface area contributed by atoms with Crippen LogP contribution in [0.4, 0.5) is 0 Å². The fourth-order valence-electron chi connectivity index (χ4n) is 5.06. The normalized spacial score (nSPS) is 31.8. The van der Waals surface area contributed by atoms with Gasteiger partial charge in [-0.1, -0.05) is 6.07 Å². The largest absolute Gasteiger partial charge is 0.481 e. The number of hydrogen-bond donors (Lipinski definition) is 1. The molecule has 3 aliphatic carbocycles. The molecule has 2 atom stereocenters. The molecular weight excluding hydrogens is 388 g/mol. The van der Waals surface area contributed by atoms with Crippen molar-refractivity contribution in [3.05, 3.63) is 17.5 Å². The second-order valence-corrected chi connectivity index (χ2v) is 10.8. The van der Waals surface area contributed by atoms with Crippen LogP contribution in [0.5, 0.6) is 0 Å². The second kappa shape index (κ2) is 7.18. The number of rotatable bonds is 4. The predicted molar refractivity (Wildman–Crippen MR) is 99.7 cm³/mol. The Bertz CT molecular complexity index is 807. The summed E-state index contributed by atoms with van der Waals surface area (Å²) in [6, 6.07) is 3.30. The van der Waals surface area contributed by atoms with Crippen molar-refractivity contribution in [1.82, 2.24) is 9.21 Å². The summed E-state index contributed by atoms with van der Waals surface area (Å²) in [7, 11) is -3.51. The van der Waals surface area contributed by atoms with Gasteiger partial charge in [-0.2, -0.15) is 4.31 Å². The minimum atomic E-state index is -3.51. The molecule has 0 unspecified atom stereocenters. The maximum Gasteiger partial charge on any atom is 0.307 e. The number of carbonyl (C=O) groups excluding carboxylic acids is 1. The molecule has 0 radical (unpaired) electrons. The van der Waals surface area contributed by atoms with Gasteiger partial charge in [-0.25, -0.2) is 8.42 Å². The van der Waals surface area contributed by atoms with Gasteiger partial charge in [0.15, 0.2) is 0 Å². The standard InChI is InChI=1S/C18H24N2O5S2/c21-17(15-12-3-5-13(6-4-12)16(15)18(22)23)19-7-9-20(10-8-19)27(24,25)14-2-1-11-26-14/h1-2,11-13,15-16H,3-10H2,(H,22,23)/t12?,13?,15-,16+/m0/s1. The molecule has 4 fully saturated rings. The zero-order valence-electron chi connectivity index (χ0n) is 15.0. The Hall–Kier alpha value is -1.45. The van der Waals surface area contributed by atoms with E-state index in [4.69, 9.17) is 0 Å². The van der Waals surface area contributed by atoms with E-state index in [9.17, 15) is 23.1 Å². The van der Waals surface area contributed by atoms with Crippen LogP contribution in [0.3, 0.4) is 0 Å². The van der Waals surface area contributed by atoms with Crippen LogP contribution in [-0.2, 0) is 19.6 Å². The molecule has 1 amide bonds. The van der Waals surface area contributed by atoms with Crippen molar-refractivity contribution in [2.75, 3.05) is 26.2 Å². The fourth-order valence-corrected chi connectivity index (χ4v) is 7.62. The molecule has 4 aliphatic rings. The van der Waals surface area contributed by atoms with Crippen molar-refractivity contribution in [2.24, 2.45) is 23.7 Å². The number of amides is 1. The number of hydrogen-bond acceptors (Lipinski definition) is 5. The van der Waals surface area contributed by atoms with Crippen molar-refractivity contribution >= 4 is 33.2 Å². The van der Waals surface area contributed by atoms with Crippen LogP contribution in [0.2, 0.25) is 0 Å². The van der Waals surface area contributed by atoms with Gasteiger partial charge in [0, 0.05) is 26.2 Å². The lowest BCUT2D eigenvalue weighted by molar-refractivity contribution is -0.162. The molecule has 0 aromatic carbocycles. The number of sulfonamides is 1. The van der Waals surface area contributed by atoms with Gasteiger partial charge in [0.2, 0.25) is 5.91 Å². The number of carboxylic acids is 1. The van der Waals surface area contributed by atoms with E-state index < -0.39 is 27.8 Å². The van der Waals surface area contributed by atoms with Gasteiger partial charge in [0.1, 0.15) is 4.21 Å². The first-order chi connectivity index (χ1) is 12.9. The van der Waals surface area contributed by atoms with Crippen LogP contribution in [0, 0.1) is 23.7 Å². The van der Waals surface area contributed by atoms with Crippen LogP contribution in [0.15, 0.2) is 21.7 Å². The Labute approximate surface area is 163 Å². The molecule has 7 nitrogen and oxygen atoms in total. The monoisotopic (exact) mass is 412 g/mol. The lowest BCUT2D eigenvalue weighted by Gasteiger charge is -2.48. The first-order valence-corrected chi connectivity index (χ1v) is 11.8. The molecule has 1 aromatic rings. The first-order valence-electron chi connectivity index (χ1n) is 9.45. The lowest BCUT2D eigenvalue weighted by atomic mass is 9.58. The average Bonchev–Trinajstić information content (AvgIpc) is 3.23. The Kier molecular flexibility index (Phi) is 5.02. The predicted octanol–water partition coefficient (Wildman–Crippen LogP) is 1.72. The van der Waals surface area contributed by atoms with Gasteiger partial charge in [-0.3, -0.25) is 9.59 Å². The highest BCUT2D eigenvalue weighted by Gasteiger charge is 2.51. The Morgan fingerprint density at radius 2 is 1.59 bits per heavy atom. The van der Waals surface area contributed by atoms with E-state index >= 15 is 0 Å². The second-order valence-electron chi connectivity index (χ2n) is 7.73. The van der Waals surface area contributed by atoms with Crippen molar-refractivity contribution in [3.8, 4) is 0 Å². The van der Waals surface area contributed by atoms with Gasteiger partial charge >= 0.3 is 5.97 Å². The van der Waals surface area contributed by atoms with Crippen molar-refractivity contribution in [3.63, 3.8) is 0 Å². The summed E-state index contributed by atoms with van der Waals surface area (Å²) in [5.74, 6) is -1.74. The smallest absolute Gasteiger partial charge is 0.307 e. The third-order valence-electron chi connectivity index (χ3n) is 6.43. The quantitative estimate of drug-likeness (QED) is 0.812. The van der Waals surface area contributed by atoms with E-state index in [1.807, 2.05) is 0 Å². The maximum atomic E-state index is 13.1. The molecule has 27 heavy (non-hydrogen) atoms. The summed E-state index contributed by atoms with van der Waals surface area (Å²) in [5, 5.41) is 11.4. The third kappa shape index (κ3) is 3.30. The molecule has 148 valence electrons. The van der Waals surface area contributed by atoms with Gasteiger partial charge in [-0.15, -0.1) is 11.3 Å². The van der Waals surface area contributed by atoms with E-state index in [-0.39, 0.29) is 30.8 Å². The van der Waals surface area contributed by atoms with Gasteiger partial charge < -0.3 is 10.0 Å². The highest BCUT2D eigenvalue weighted by molar-refractivity contribution is 7.91. The number of nitrogens with zero attached hydrogens (tertiary/aromatic N) is 2. The third-order valence-corrected chi connectivity index (χ3v) is 9.70. The molecule has 3 saturated carbocycles. The van der Waals surface area contributed by atoms with Crippen LogP contribution < -0.4 is 0 Å². The summed E-state index contributed by atoms with van der Waals surface area (Å²) in [6.45, 7) is 1.16. The van der Waals surface area contributed by atoms with Crippen LogP contribution >= 0.6 is 11.3 Å². The zero-order valence-corrected chi connectivity index (χ0v) is 16.6. The average molecular weight is 413 g/mol. The number of thiophene rings is 1. The molecule has 2 bridgehead atoms. The molecule has 0 spiro atoms. The molecule has 1 aromatic heterocycles. The number of aliphatic carboxylic acids is 1. The Morgan fingerprint density at radius 3 is 2.11 bits per heavy atom. The molecule has 2 heterocycles. The Morgan fingerprint density at radius 1 is 1.00 bits per heavy atom. The van der Waals surface area contributed by atoms with E-state index in [1.54, 1.807) is 22.4 Å². The number of carbonyl (C=O) groups is 2. The number of piperazine rings is 1. The van der Waals surface area contributed by atoms with E-state index in [1.165, 1.54) is 15.6 Å². The highest BCUT2D eigenvalue weighted by Crippen LogP contribution is 2.49. The highest BCUT2D eigenvalue weighted by atomic mass is 32.2. The molecular formula is C18H24N2O5S2. The summed E-state index contributed by atoms with van der Waals surface area (Å²) in [4.78, 5) is 26.6. The molecule has 5 rings (SSSR count). The Balaban J connectivity index is 1.45. The van der Waals surface area contributed by atoms with Crippen molar-refractivity contribution in [1.29, 1.82) is 0 Å². The van der Waals surface area contributed by atoms with Gasteiger partial charge in [0.05, 0.1) is 11.8 Å². The molecule has 1 N–H and O–H groups in total. The fraction of sp³-hybridized carbons (Fsp3) is 0.667. The van der Waals surface area contributed by atoms with E-state index in [0.717, 1.165) is 25.7 Å². The summed E-state index contributed by atoms with van der Waals surface area (Å²) in [5.41, 5.74) is 0. The zero-order chi connectivity index (χ0) is 19.2. The summed E-state index contributed by atoms with van der Waals surface area (Å²) < 4.78 is 27.0. The number of carboxylic acid groups (broad SMARTS) is 1. The van der Waals surface area contributed by atoms with Gasteiger partial charge in [-0.05, 0) is 49.0 Å². The topological polar surface area (TPSA) is 95.0 Å². The van der Waals surface area contributed by atoms with Gasteiger partial charge in [0.25, 0.3) is 10.0 Å². The summed E-state index contributed by atoms with van der Waals surface area (Å²) in [6.07, 6.45) is 3.66. The maximum absolute atomic E-state index is 13.1. The van der Waals surface area contributed by atoms with Crippen LogP contribution in [-0.4, -0.2) is 60.8 Å². The lowest BCUT2D eigenvalue weighted by Crippen LogP contribution is -2.56. The molecule has 1 aliphatic heterocycles. The molecule has 1 saturated heterocycles. The van der Waals surface area contributed by atoms with E-state index in [0.29, 0.717) is 17.3 Å². The minimum Gasteiger partial charge on any atom is -0.481 e. The summed E-state index contributed by atoms with van der Waals surface area (Å²) >= 11 is 1.19. The van der Waals surface area contributed by atoms with Crippen molar-refractivity contribution in [2.45, 2.75) is 29.9 Å².